The van der Waals surface area contributed by atoms with Crippen molar-refractivity contribution in [3.8, 4) is 0 Å². The van der Waals surface area contributed by atoms with E-state index in [0.29, 0.717) is 11.3 Å². The third-order valence-electron chi connectivity index (χ3n) is 3.27. The van der Waals surface area contributed by atoms with Gasteiger partial charge in [0.15, 0.2) is 0 Å². The zero-order chi connectivity index (χ0) is 14.2. The quantitative estimate of drug-likeness (QED) is 0.882. The van der Waals surface area contributed by atoms with Crippen molar-refractivity contribution in [1.29, 1.82) is 0 Å². The molecule has 1 aromatic carbocycles. The Labute approximate surface area is 111 Å². The first-order valence-corrected chi connectivity index (χ1v) is 6.27. The van der Waals surface area contributed by atoms with E-state index in [1.165, 1.54) is 17.0 Å². The highest BCUT2D eigenvalue weighted by Gasteiger charge is 2.35. The molecule has 0 bridgehead atoms. The minimum atomic E-state index is -0.522. The molecule has 0 saturated carbocycles. The van der Waals surface area contributed by atoms with E-state index in [0.717, 1.165) is 0 Å². The Morgan fingerprint density at radius 1 is 1.37 bits per heavy atom. The van der Waals surface area contributed by atoms with Crippen LogP contribution in [-0.2, 0) is 9.59 Å². The summed E-state index contributed by atoms with van der Waals surface area (Å²) in [6, 6.07) is 3.90. The number of halogens is 1. The van der Waals surface area contributed by atoms with E-state index in [2.05, 4.69) is 5.32 Å². The number of amides is 2. The highest BCUT2D eigenvalue weighted by Crippen LogP contribution is 2.22. The lowest BCUT2D eigenvalue weighted by atomic mass is 10.00. The van der Waals surface area contributed by atoms with Crippen molar-refractivity contribution in [2.45, 2.75) is 26.8 Å². The van der Waals surface area contributed by atoms with E-state index < -0.39 is 6.04 Å². The van der Waals surface area contributed by atoms with E-state index in [-0.39, 0.29) is 30.1 Å². The largest absolute Gasteiger partial charge is 0.342 e. The minimum Gasteiger partial charge on any atom is -0.342 e. The van der Waals surface area contributed by atoms with Gasteiger partial charge in [0.1, 0.15) is 18.4 Å². The fourth-order valence-electron chi connectivity index (χ4n) is 2.14. The number of anilines is 1. The van der Waals surface area contributed by atoms with Crippen LogP contribution in [0.25, 0.3) is 0 Å². The molecule has 1 aromatic rings. The Morgan fingerprint density at radius 3 is 2.63 bits per heavy atom. The standard InChI is InChI=1S/C14H17FN2O2/c1-8(2)13-14(19)17(7-12(18)16-13)10-4-5-11(15)9(3)6-10/h4-6,8,13H,7H2,1-3H3,(H,16,18). The number of nitrogens with one attached hydrogen (secondary N) is 1. The predicted molar refractivity (Wildman–Crippen MR) is 70.3 cm³/mol. The topological polar surface area (TPSA) is 49.4 Å². The van der Waals surface area contributed by atoms with Crippen molar-refractivity contribution in [3.05, 3.63) is 29.6 Å². The molecule has 0 radical (unpaired) electrons. The van der Waals surface area contributed by atoms with Gasteiger partial charge in [-0.25, -0.2) is 4.39 Å². The van der Waals surface area contributed by atoms with Gasteiger partial charge in [0.25, 0.3) is 0 Å². The summed E-state index contributed by atoms with van der Waals surface area (Å²) < 4.78 is 13.3. The number of hydrogen-bond donors (Lipinski definition) is 1. The second kappa shape index (κ2) is 4.99. The molecule has 1 aliphatic heterocycles. The molecule has 1 fully saturated rings. The number of benzene rings is 1. The van der Waals surface area contributed by atoms with E-state index in [1.54, 1.807) is 13.0 Å². The number of nitrogens with zero attached hydrogens (tertiary/aromatic N) is 1. The number of rotatable bonds is 2. The van der Waals surface area contributed by atoms with Crippen LogP contribution in [-0.4, -0.2) is 24.4 Å². The third-order valence-corrected chi connectivity index (χ3v) is 3.27. The smallest absolute Gasteiger partial charge is 0.250 e. The third kappa shape index (κ3) is 2.59. The SMILES string of the molecule is Cc1cc(N2CC(=O)NC(C(C)C)C2=O)ccc1F. The van der Waals surface area contributed by atoms with Crippen molar-refractivity contribution in [3.63, 3.8) is 0 Å². The molecule has 5 heteroatoms. The predicted octanol–water partition coefficient (Wildman–Crippen LogP) is 1.62. The molecule has 1 saturated heterocycles. The van der Waals surface area contributed by atoms with Crippen LogP contribution in [0.3, 0.4) is 0 Å². The van der Waals surface area contributed by atoms with Gasteiger partial charge in [0.2, 0.25) is 11.8 Å². The summed E-state index contributed by atoms with van der Waals surface area (Å²) >= 11 is 0. The molecule has 1 atom stereocenters. The zero-order valence-corrected chi connectivity index (χ0v) is 11.2. The Bertz CT molecular complexity index is 528. The molecule has 1 unspecified atom stereocenters. The highest BCUT2D eigenvalue weighted by atomic mass is 19.1. The summed E-state index contributed by atoms with van der Waals surface area (Å²) in [7, 11) is 0. The van der Waals surface area contributed by atoms with Crippen LogP contribution in [0.4, 0.5) is 10.1 Å². The maximum atomic E-state index is 13.3. The maximum absolute atomic E-state index is 13.3. The number of aryl methyl sites for hydroxylation is 1. The van der Waals surface area contributed by atoms with E-state index in [1.807, 2.05) is 13.8 Å². The van der Waals surface area contributed by atoms with Gasteiger partial charge in [-0.15, -0.1) is 0 Å². The van der Waals surface area contributed by atoms with Crippen LogP contribution >= 0.6 is 0 Å². The lowest BCUT2D eigenvalue weighted by Gasteiger charge is -2.34. The molecule has 0 spiro atoms. The van der Waals surface area contributed by atoms with Crippen LogP contribution in [0.15, 0.2) is 18.2 Å². The Morgan fingerprint density at radius 2 is 2.05 bits per heavy atom. The van der Waals surface area contributed by atoms with Gasteiger partial charge in [0.05, 0.1) is 0 Å². The second-order valence-corrected chi connectivity index (χ2v) is 5.15. The average Bonchev–Trinajstić information content (AvgIpc) is 2.35. The molecule has 0 aliphatic carbocycles. The van der Waals surface area contributed by atoms with E-state index >= 15 is 0 Å². The van der Waals surface area contributed by atoms with Crippen molar-refractivity contribution in [1.82, 2.24) is 5.32 Å². The van der Waals surface area contributed by atoms with Crippen molar-refractivity contribution >= 4 is 17.5 Å². The first-order chi connectivity index (χ1) is 8.90. The first kappa shape index (κ1) is 13.5. The molecule has 102 valence electrons. The van der Waals surface area contributed by atoms with Crippen molar-refractivity contribution < 1.29 is 14.0 Å². The van der Waals surface area contributed by atoms with Gasteiger partial charge in [-0.05, 0) is 36.6 Å². The van der Waals surface area contributed by atoms with Crippen LogP contribution in [0.2, 0.25) is 0 Å². The molecule has 19 heavy (non-hydrogen) atoms. The second-order valence-electron chi connectivity index (χ2n) is 5.15. The summed E-state index contributed by atoms with van der Waals surface area (Å²) in [5.74, 6) is -0.653. The molecule has 2 amide bonds. The molecular formula is C14H17FN2O2. The van der Waals surface area contributed by atoms with Gasteiger partial charge in [0, 0.05) is 5.69 Å². The molecule has 4 nitrogen and oxygen atoms in total. The fourth-order valence-corrected chi connectivity index (χ4v) is 2.14. The first-order valence-electron chi connectivity index (χ1n) is 6.27. The van der Waals surface area contributed by atoms with Crippen LogP contribution < -0.4 is 10.2 Å². The number of carbonyl (C=O) groups excluding carboxylic acids is 2. The molecule has 1 heterocycles. The van der Waals surface area contributed by atoms with Gasteiger partial charge in [-0.3, -0.25) is 9.59 Å². The van der Waals surface area contributed by atoms with Gasteiger partial charge in [-0.2, -0.15) is 0 Å². The Hall–Kier alpha value is -1.91. The molecule has 1 aliphatic rings. The summed E-state index contributed by atoms with van der Waals surface area (Å²) in [6.07, 6.45) is 0. The molecule has 2 rings (SSSR count). The van der Waals surface area contributed by atoms with Crippen molar-refractivity contribution in [2.24, 2.45) is 5.92 Å². The molecule has 0 aromatic heterocycles. The monoisotopic (exact) mass is 264 g/mol. The minimum absolute atomic E-state index is 0.0146. The summed E-state index contributed by atoms with van der Waals surface area (Å²) in [4.78, 5) is 25.4. The maximum Gasteiger partial charge on any atom is 0.250 e. The summed E-state index contributed by atoms with van der Waals surface area (Å²) in [5, 5.41) is 2.69. The Kier molecular flexibility index (Phi) is 3.55. The van der Waals surface area contributed by atoms with Crippen LogP contribution in [0.5, 0.6) is 0 Å². The normalized spacial score (nSPS) is 19.8. The number of hydrogen-bond acceptors (Lipinski definition) is 2. The van der Waals surface area contributed by atoms with E-state index in [9.17, 15) is 14.0 Å². The van der Waals surface area contributed by atoms with Gasteiger partial charge >= 0.3 is 0 Å². The van der Waals surface area contributed by atoms with Crippen LogP contribution in [0, 0.1) is 18.7 Å². The summed E-state index contributed by atoms with van der Waals surface area (Å²) in [5.41, 5.74) is 1.02. The summed E-state index contributed by atoms with van der Waals surface area (Å²) in [6.45, 7) is 5.37. The molecule has 1 N–H and O–H groups in total. The fraction of sp³-hybridized carbons (Fsp3) is 0.429. The van der Waals surface area contributed by atoms with Gasteiger partial charge in [-0.1, -0.05) is 13.8 Å². The lowest BCUT2D eigenvalue weighted by Crippen LogP contribution is -2.60. The molecular weight excluding hydrogens is 247 g/mol. The van der Waals surface area contributed by atoms with Crippen LogP contribution in [0.1, 0.15) is 19.4 Å². The number of carbonyl (C=O) groups is 2. The number of piperazine rings is 1. The van der Waals surface area contributed by atoms with Crippen molar-refractivity contribution in [2.75, 3.05) is 11.4 Å². The highest BCUT2D eigenvalue weighted by molar-refractivity contribution is 6.06. The average molecular weight is 264 g/mol. The lowest BCUT2D eigenvalue weighted by molar-refractivity contribution is -0.132. The Balaban J connectivity index is 2.34. The van der Waals surface area contributed by atoms with E-state index in [4.69, 9.17) is 0 Å². The zero-order valence-electron chi connectivity index (χ0n) is 11.2. The van der Waals surface area contributed by atoms with Gasteiger partial charge < -0.3 is 10.2 Å².